The highest BCUT2D eigenvalue weighted by Gasteiger charge is 2.32. The number of H-pyrrole nitrogens is 1. The Morgan fingerprint density at radius 3 is 2.78 bits per heavy atom. The minimum absolute atomic E-state index is 0.198. The predicted octanol–water partition coefficient (Wildman–Crippen LogP) is 1.14. The lowest BCUT2D eigenvalue weighted by molar-refractivity contribution is 0.0762. The molecule has 0 aliphatic carbocycles. The topological polar surface area (TPSA) is 83.4 Å². The van der Waals surface area contributed by atoms with Gasteiger partial charge in [0.05, 0.1) is 12.1 Å². The van der Waals surface area contributed by atoms with Crippen LogP contribution < -0.4 is 5.56 Å². The van der Waals surface area contributed by atoms with Crippen LogP contribution in [-0.2, 0) is 19.5 Å². The van der Waals surface area contributed by atoms with Crippen LogP contribution in [0.15, 0.2) is 35.4 Å². The van der Waals surface area contributed by atoms with Gasteiger partial charge in [-0.1, -0.05) is 6.92 Å². The first-order chi connectivity index (χ1) is 11.2. The Labute approximate surface area is 131 Å². The van der Waals surface area contributed by atoms with E-state index in [2.05, 4.69) is 15.1 Å². The van der Waals surface area contributed by atoms with Crippen LogP contribution in [0.4, 0.5) is 0 Å². The van der Waals surface area contributed by atoms with Gasteiger partial charge in [-0.15, -0.1) is 0 Å². The first-order valence-corrected chi connectivity index (χ1v) is 7.49. The van der Waals surface area contributed by atoms with Gasteiger partial charge in [0.25, 0.3) is 11.5 Å². The van der Waals surface area contributed by atoms with Gasteiger partial charge in [0.1, 0.15) is 5.69 Å². The van der Waals surface area contributed by atoms with Crippen LogP contribution in [0.5, 0.6) is 0 Å². The van der Waals surface area contributed by atoms with E-state index in [-0.39, 0.29) is 23.7 Å². The van der Waals surface area contributed by atoms with E-state index in [1.54, 1.807) is 23.4 Å². The molecule has 1 aliphatic heterocycles. The van der Waals surface area contributed by atoms with Gasteiger partial charge in [0, 0.05) is 30.7 Å². The quantitative estimate of drug-likeness (QED) is 0.786. The zero-order valence-corrected chi connectivity index (χ0v) is 12.6. The van der Waals surface area contributed by atoms with E-state index in [4.69, 9.17) is 0 Å². The fourth-order valence-electron chi connectivity index (χ4n) is 2.86. The SMILES string of the molecule is CCc1cc2nc3c(c(=O)n2[nH]1)CN(Cc1ccncc1)C3=O. The van der Waals surface area contributed by atoms with Crippen LogP contribution in [0.1, 0.15) is 34.2 Å². The van der Waals surface area contributed by atoms with Crippen molar-refractivity contribution in [2.24, 2.45) is 0 Å². The molecule has 4 rings (SSSR count). The largest absolute Gasteiger partial charge is 0.328 e. The third kappa shape index (κ3) is 2.12. The van der Waals surface area contributed by atoms with Crippen molar-refractivity contribution >= 4 is 11.6 Å². The summed E-state index contributed by atoms with van der Waals surface area (Å²) >= 11 is 0. The lowest BCUT2D eigenvalue weighted by Crippen LogP contribution is -2.23. The van der Waals surface area contributed by atoms with Gasteiger partial charge in [-0.3, -0.25) is 19.7 Å². The Morgan fingerprint density at radius 2 is 2.04 bits per heavy atom. The molecular weight excluding hydrogens is 294 g/mol. The van der Waals surface area contributed by atoms with E-state index in [0.717, 1.165) is 17.7 Å². The third-order valence-electron chi connectivity index (χ3n) is 4.10. The number of carbonyl (C=O) groups is 1. The number of nitrogens with zero attached hydrogens (tertiary/aromatic N) is 4. The summed E-state index contributed by atoms with van der Waals surface area (Å²) in [7, 11) is 0. The smallest absolute Gasteiger partial charge is 0.278 e. The number of aryl methyl sites for hydroxylation is 1. The van der Waals surface area contributed by atoms with Crippen molar-refractivity contribution in [3.05, 3.63) is 63.5 Å². The standard InChI is InChI=1S/C16H15N5O2/c1-2-11-7-13-18-14-12(15(22)21(13)19-11)9-20(16(14)23)8-10-3-5-17-6-4-10/h3-7,19H,2,8-9H2,1H3. The van der Waals surface area contributed by atoms with E-state index >= 15 is 0 Å². The number of hydrogen-bond acceptors (Lipinski definition) is 4. The molecular formula is C16H15N5O2. The fraction of sp³-hybridized carbons (Fsp3) is 0.250. The molecule has 0 aromatic carbocycles. The molecule has 0 unspecified atom stereocenters. The van der Waals surface area contributed by atoms with E-state index in [9.17, 15) is 9.59 Å². The van der Waals surface area contributed by atoms with Crippen molar-refractivity contribution < 1.29 is 4.79 Å². The minimum Gasteiger partial charge on any atom is -0.328 e. The Hall–Kier alpha value is -2.96. The first kappa shape index (κ1) is 13.7. The second kappa shape index (κ2) is 5.05. The highest BCUT2D eigenvalue weighted by atomic mass is 16.2. The highest BCUT2D eigenvalue weighted by Crippen LogP contribution is 2.21. The number of rotatable bonds is 3. The van der Waals surface area contributed by atoms with Crippen molar-refractivity contribution in [1.29, 1.82) is 0 Å². The van der Waals surface area contributed by atoms with Crippen molar-refractivity contribution in [2.45, 2.75) is 26.4 Å². The van der Waals surface area contributed by atoms with Gasteiger partial charge in [0.15, 0.2) is 5.65 Å². The number of aromatic amines is 1. The van der Waals surface area contributed by atoms with Crippen LogP contribution in [0.3, 0.4) is 0 Å². The summed E-state index contributed by atoms with van der Waals surface area (Å²) in [6.45, 7) is 2.72. The number of aromatic nitrogens is 4. The molecule has 0 fully saturated rings. The number of fused-ring (bicyclic) bond motifs is 2. The molecule has 3 aromatic rings. The minimum atomic E-state index is -0.199. The van der Waals surface area contributed by atoms with Crippen LogP contribution >= 0.6 is 0 Å². The predicted molar refractivity (Wildman–Crippen MR) is 83.0 cm³/mol. The molecule has 116 valence electrons. The Bertz CT molecular complexity index is 958. The maximum atomic E-state index is 12.6. The Balaban J connectivity index is 1.74. The van der Waals surface area contributed by atoms with Gasteiger partial charge in [-0.25, -0.2) is 9.50 Å². The molecule has 0 atom stereocenters. The van der Waals surface area contributed by atoms with Crippen LogP contribution in [-0.4, -0.2) is 30.4 Å². The number of hydrogen-bond donors (Lipinski definition) is 1. The van der Waals surface area contributed by atoms with Gasteiger partial charge in [0.2, 0.25) is 0 Å². The average molecular weight is 309 g/mol. The molecule has 0 bridgehead atoms. The van der Waals surface area contributed by atoms with Crippen LogP contribution in [0.2, 0.25) is 0 Å². The summed E-state index contributed by atoms with van der Waals surface area (Å²) in [4.78, 5) is 35.1. The number of carbonyl (C=O) groups excluding carboxylic acids is 1. The van der Waals surface area contributed by atoms with Gasteiger partial charge < -0.3 is 4.90 Å². The van der Waals surface area contributed by atoms with Crippen LogP contribution in [0.25, 0.3) is 5.65 Å². The molecule has 1 aliphatic rings. The van der Waals surface area contributed by atoms with Crippen molar-refractivity contribution in [2.75, 3.05) is 0 Å². The number of pyridine rings is 1. The number of amides is 1. The zero-order chi connectivity index (χ0) is 16.0. The maximum absolute atomic E-state index is 12.6. The molecule has 1 amide bonds. The normalized spacial score (nSPS) is 13.8. The lowest BCUT2D eigenvalue weighted by Gasteiger charge is -2.14. The van der Waals surface area contributed by atoms with Crippen molar-refractivity contribution in [3.8, 4) is 0 Å². The number of nitrogens with one attached hydrogen (secondary N) is 1. The molecule has 0 spiro atoms. The first-order valence-electron chi connectivity index (χ1n) is 7.49. The second-order valence-corrected chi connectivity index (χ2v) is 5.59. The van der Waals surface area contributed by atoms with Gasteiger partial charge in [-0.05, 0) is 24.1 Å². The summed E-state index contributed by atoms with van der Waals surface area (Å²) in [5.41, 5.74) is 2.90. The molecule has 1 N–H and O–H groups in total. The molecule has 0 saturated heterocycles. The monoisotopic (exact) mass is 309 g/mol. The maximum Gasteiger partial charge on any atom is 0.278 e. The van der Waals surface area contributed by atoms with E-state index in [0.29, 0.717) is 17.8 Å². The fourth-order valence-corrected chi connectivity index (χ4v) is 2.86. The summed E-state index contributed by atoms with van der Waals surface area (Å²) in [5, 5.41) is 3.03. The Kier molecular flexibility index (Phi) is 3.00. The average Bonchev–Trinajstić information content (AvgIpc) is 3.12. The lowest BCUT2D eigenvalue weighted by atomic mass is 10.2. The molecule has 0 radical (unpaired) electrons. The summed E-state index contributed by atoms with van der Waals surface area (Å²) in [6, 6.07) is 5.52. The second-order valence-electron chi connectivity index (χ2n) is 5.59. The molecule has 3 aromatic heterocycles. The van der Waals surface area contributed by atoms with E-state index < -0.39 is 0 Å². The molecule has 23 heavy (non-hydrogen) atoms. The van der Waals surface area contributed by atoms with Gasteiger partial charge >= 0.3 is 0 Å². The summed E-state index contributed by atoms with van der Waals surface area (Å²) < 4.78 is 1.42. The molecule has 0 saturated carbocycles. The highest BCUT2D eigenvalue weighted by molar-refractivity contribution is 5.96. The third-order valence-corrected chi connectivity index (χ3v) is 4.10. The Morgan fingerprint density at radius 1 is 1.26 bits per heavy atom. The van der Waals surface area contributed by atoms with Crippen molar-refractivity contribution in [3.63, 3.8) is 0 Å². The van der Waals surface area contributed by atoms with Crippen molar-refractivity contribution in [1.82, 2.24) is 24.5 Å². The van der Waals surface area contributed by atoms with E-state index in [1.165, 1.54) is 4.52 Å². The molecule has 7 nitrogen and oxygen atoms in total. The summed E-state index contributed by atoms with van der Waals surface area (Å²) in [6.07, 6.45) is 4.15. The van der Waals surface area contributed by atoms with Crippen LogP contribution in [0, 0.1) is 0 Å². The molecule has 4 heterocycles. The zero-order valence-electron chi connectivity index (χ0n) is 12.6. The summed E-state index contributed by atoms with van der Waals surface area (Å²) in [5.74, 6) is -0.198. The molecule has 7 heteroatoms. The van der Waals surface area contributed by atoms with E-state index in [1.807, 2.05) is 19.1 Å². The van der Waals surface area contributed by atoms with Gasteiger partial charge in [-0.2, -0.15) is 0 Å².